The van der Waals surface area contributed by atoms with Crippen LogP contribution in [0.1, 0.15) is 33.6 Å². The molecule has 0 radical (unpaired) electrons. The quantitative estimate of drug-likeness (QED) is 0.779. The Morgan fingerprint density at radius 1 is 0.926 bits per heavy atom. The molecule has 140 valence electrons. The number of rotatable bonds is 3. The number of likely N-dealkylation sites (tertiary alicyclic amines) is 1. The summed E-state index contributed by atoms with van der Waals surface area (Å²) in [4.78, 5) is 27.0. The molecule has 0 aromatic heterocycles. The summed E-state index contributed by atoms with van der Waals surface area (Å²) in [7, 11) is 0. The topological polar surface area (TPSA) is 55.8 Å². The maximum Gasteiger partial charge on any atom is 0.253 e. The standard InChI is InChI=1S/C21H20FNO4/c22-17-3-1-2-16(12-17)21(25)23-8-6-14(7-9-23)20(24)15-4-5-18-19(13-15)27-11-10-26-18/h1-5,12-14H,6-11H2. The lowest BCUT2D eigenvalue weighted by atomic mass is 9.88. The van der Waals surface area contributed by atoms with E-state index in [-0.39, 0.29) is 17.6 Å². The van der Waals surface area contributed by atoms with Crippen molar-refractivity contribution in [3.05, 3.63) is 59.4 Å². The fourth-order valence-electron chi connectivity index (χ4n) is 3.58. The largest absolute Gasteiger partial charge is 0.486 e. The van der Waals surface area contributed by atoms with E-state index in [1.807, 2.05) is 0 Å². The van der Waals surface area contributed by atoms with Crippen molar-refractivity contribution in [3.8, 4) is 11.5 Å². The molecule has 0 unspecified atom stereocenters. The molecule has 0 spiro atoms. The van der Waals surface area contributed by atoms with Gasteiger partial charge in [0.2, 0.25) is 0 Å². The van der Waals surface area contributed by atoms with Crippen LogP contribution in [0.5, 0.6) is 11.5 Å². The summed E-state index contributed by atoms with van der Waals surface area (Å²) in [5.41, 5.74) is 0.945. The van der Waals surface area contributed by atoms with Crippen molar-refractivity contribution in [3.63, 3.8) is 0 Å². The molecule has 0 N–H and O–H groups in total. The van der Waals surface area contributed by atoms with E-state index in [1.54, 1.807) is 29.2 Å². The third kappa shape index (κ3) is 3.65. The number of carbonyl (C=O) groups excluding carboxylic acids is 2. The van der Waals surface area contributed by atoms with Gasteiger partial charge in [-0.25, -0.2) is 4.39 Å². The van der Waals surface area contributed by atoms with Crippen LogP contribution in [0.25, 0.3) is 0 Å². The van der Waals surface area contributed by atoms with Gasteiger partial charge >= 0.3 is 0 Å². The van der Waals surface area contributed by atoms with Crippen molar-refractivity contribution < 1.29 is 23.5 Å². The van der Waals surface area contributed by atoms with Gasteiger partial charge in [0, 0.05) is 30.1 Å². The van der Waals surface area contributed by atoms with Gasteiger partial charge in [0.25, 0.3) is 5.91 Å². The van der Waals surface area contributed by atoms with Crippen LogP contribution in [-0.4, -0.2) is 42.9 Å². The first kappa shape index (κ1) is 17.5. The first-order valence-corrected chi connectivity index (χ1v) is 9.10. The van der Waals surface area contributed by atoms with Gasteiger partial charge in [0.1, 0.15) is 19.0 Å². The second-order valence-corrected chi connectivity index (χ2v) is 6.80. The molecule has 2 aliphatic rings. The van der Waals surface area contributed by atoms with E-state index in [9.17, 15) is 14.0 Å². The van der Waals surface area contributed by atoms with E-state index in [4.69, 9.17) is 9.47 Å². The van der Waals surface area contributed by atoms with Crippen LogP contribution in [0, 0.1) is 11.7 Å². The van der Waals surface area contributed by atoms with Crippen LogP contribution in [0.4, 0.5) is 4.39 Å². The molecule has 0 atom stereocenters. The second kappa shape index (κ2) is 7.39. The molecule has 0 aliphatic carbocycles. The molecular weight excluding hydrogens is 349 g/mol. The predicted octanol–water partition coefficient (Wildman–Crippen LogP) is 3.33. The van der Waals surface area contributed by atoms with E-state index in [1.165, 1.54) is 18.2 Å². The fraction of sp³-hybridized carbons (Fsp3) is 0.333. The Balaban J connectivity index is 1.40. The van der Waals surface area contributed by atoms with Gasteiger partial charge in [0.05, 0.1) is 0 Å². The number of Topliss-reactive ketones (excluding diaryl/α,β-unsaturated/α-hetero) is 1. The van der Waals surface area contributed by atoms with Gasteiger partial charge in [-0.2, -0.15) is 0 Å². The molecule has 2 aliphatic heterocycles. The number of ether oxygens (including phenoxy) is 2. The summed E-state index contributed by atoms with van der Waals surface area (Å²) in [5, 5.41) is 0. The highest BCUT2D eigenvalue weighted by atomic mass is 19.1. The average molecular weight is 369 g/mol. The fourth-order valence-corrected chi connectivity index (χ4v) is 3.58. The zero-order valence-corrected chi connectivity index (χ0v) is 14.8. The van der Waals surface area contributed by atoms with Crippen molar-refractivity contribution in [2.75, 3.05) is 26.3 Å². The van der Waals surface area contributed by atoms with Crippen LogP contribution in [0.2, 0.25) is 0 Å². The lowest BCUT2D eigenvalue weighted by Gasteiger charge is -2.31. The first-order valence-electron chi connectivity index (χ1n) is 9.10. The molecule has 27 heavy (non-hydrogen) atoms. The summed E-state index contributed by atoms with van der Waals surface area (Å²) >= 11 is 0. The molecule has 0 bridgehead atoms. The Morgan fingerprint density at radius 3 is 2.41 bits per heavy atom. The minimum absolute atomic E-state index is 0.0600. The van der Waals surface area contributed by atoms with E-state index < -0.39 is 5.82 Å². The summed E-state index contributed by atoms with van der Waals surface area (Å²) in [6, 6.07) is 11.0. The number of halogens is 1. The number of hydrogen-bond acceptors (Lipinski definition) is 4. The monoisotopic (exact) mass is 369 g/mol. The molecular formula is C21H20FNO4. The molecule has 0 saturated carbocycles. The van der Waals surface area contributed by atoms with Gasteiger partial charge < -0.3 is 14.4 Å². The predicted molar refractivity (Wildman–Crippen MR) is 96.8 cm³/mol. The van der Waals surface area contributed by atoms with Gasteiger partial charge in [-0.15, -0.1) is 0 Å². The highest BCUT2D eigenvalue weighted by Gasteiger charge is 2.29. The number of hydrogen-bond donors (Lipinski definition) is 0. The molecule has 1 amide bonds. The number of piperidine rings is 1. The summed E-state index contributed by atoms with van der Waals surface area (Å²) < 4.78 is 24.4. The summed E-state index contributed by atoms with van der Waals surface area (Å²) in [5.74, 6) is 0.567. The Labute approximate surface area is 156 Å². The van der Waals surface area contributed by atoms with Crippen LogP contribution in [0.15, 0.2) is 42.5 Å². The third-order valence-electron chi connectivity index (χ3n) is 5.05. The Morgan fingerprint density at radius 2 is 1.67 bits per heavy atom. The Kier molecular flexibility index (Phi) is 4.79. The molecule has 1 fully saturated rings. The van der Waals surface area contributed by atoms with Crippen LogP contribution < -0.4 is 9.47 Å². The number of benzene rings is 2. The smallest absolute Gasteiger partial charge is 0.253 e. The van der Waals surface area contributed by atoms with Gasteiger partial charge in [-0.05, 0) is 49.2 Å². The molecule has 5 nitrogen and oxygen atoms in total. The maximum absolute atomic E-state index is 13.3. The molecule has 6 heteroatoms. The van der Waals surface area contributed by atoms with E-state index >= 15 is 0 Å². The lowest BCUT2D eigenvalue weighted by molar-refractivity contribution is 0.0650. The van der Waals surface area contributed by atoms with Crippen LogP contribution in [-0.2, 0) is 0 Å². The highest BCUT2D eigenvalue weighted by molar-refractivity contribution is 5.99. The maximum atomic E-state index is 13.3. The molecule has 4 rings (SSSR count). The van der Waals surface area contributed by atoms with Gasteiger partial charge in [-0.1, -0.05) is 6.07 Å². The second-order valence-electron chi connectivity index (χ2n) is 6.80. The molecule has 2 aromatic rings. The van der Waals surface area contributed by atoms with E-state index in [2.05, 4.69) is 0 Å². The number of amides is 1. The minimum atomic E-state index is -0.426. The van der Waals surface area contributed by atoms with Crippen molar-refractivity contribution in [1.82, 2.24) is 4.90 Å². The van der Waals surface area contributed by atoms with Gasteiger partial charge in [0.15, 0.2) is 17.3 Å². The normalized spacial score (nSPS) is 16.9. The molecule has 2 heterocycles. The molecule has 2 aromatic carbocycles. The molecule has 1 saturated heterocycles. The number of carbonyl (C=O) groups is 2. The van der Waals surface area contributed by atoms with Gasteiger partial charge in [-0.3, -0.25) is 9.59 Å². The number of ketones is 1. The van der Waals surface area contributed by atoms with Crippen molar-refractivity contribution in [2.45, 2.75) is 12.8 Å². The Bertz CT molecular complexity index is 874. The zero-order valence-electron chi connectivity index (χ0n) is 14.8. The highest BCUT2D eigenvalue weighted by Crippen LogP contribution is 2.32. The number of fused-ring (bicyclic) bond motifs is 1. The van der Waals surface area contributed by atoms with Crippen LogP contribution in [0.3, 0.4) is 0 Å². The van der Waals surface area contributed by atoms with E-state index in [0.29, 0.717) is 61.8 Å². The zero-order chi connectivity index (χ0) is 18.8. The first-order chi connectivity index (χ1) is 13.1. The van der Waals surface area contributed by atoms with Crippen molar-refractivity contribution >= 4 is 11.7 Å². The summed E-state index contributed by atoms with van der Waals surface area (Å²) in [6.07, 6.45) is 1.18. The Hall–Kier alpha value is -2.89. The van der Waals surface area contributed by atoms with Crippen molar-refractivity contribution in [2.24, 2.45) is 5.92 Å². The number of nitrogens with zero attached hydrogens (tertiary/aromatic N) is 1. The van der Waals surface area contributed by atoms with Crippen LogP contribution >= 0.6 is 0 Å². The average Bonchev–Trinajstić information content (AvgIpc) is 2.72. The minimum Gasteiger partial charge on any atom is -0.486 e. The van der Waals surface area contributed by atoms with Crippen molar-refractivity contribution in [1.29, 1.82) is 0 Å². The SMILES string of the molecule is O=C(c1ccc2c(c1)OCCO2)C1CCN(C(=O)c2cccc(F)c2)CC1. The summed E-state index contributed by atoms with van der Waals surface area (Å²) in [6.45, 7) is 1.95. The third-order valence-corrected chi connectivity index (χ3v) is 5.05. The van der Waals surface area contributed by atoms with E-state index in [0.717, 1.165) is 0 Å². The lowest BCUT2D eigenvalue weighted by Crippen LogP contribution is -2.40.